The van der Waals surface area contributed by atoms with Gasteiger partial charge in [-0.05, 0) is 24.1 Å². The van der Waals surface area contributed by atoms with Crippen molar-refractivity contribution in [2.75, 3.05) is 6.61 Å². The zero-order chi connectivity index (χ0) is 11.8. The molecule has 0 unspecified atom stereocenters. The summed E-state index contributed by atoms with van der Waals surface area (Å²) in [6, 6.07) is 7.56. The molecular formula is C12H18N2O2. The average Bonchev–Trinajstić information content (AvgIpc) is 2.31. The quantitative estimate of drug-likeness (QED) is 0.299. The SMILES string of the molecule is CCCCOc1ccc(CC(=N)NO)cc1. The molecule has 88 valence electrons. The molecule has 0 aromatic heterocycles. The fourth-order valence-corrected chi connectivity index (χ4v) is 1.28. The van der Waals surface area contributed by atoms with Crippen LogP contribution in [0.1, 0.15) is 25.3 Å². The normalized spacial score (nSPS) is 9.88. The highest BCUT2D eigenvalue weighted by Gasteiger charge is 1.98. The van der Waals surface area contributed by atoms with E-state index in [2.05, 4.69) is 6.92 Å². The topological polar surface area (TPSA) is 65.3 Å². The summed E-state index contributed by atoms with van der Waals surface area (Å²) in [6.07, 6.45) is 2.57. The summed E-state index contributed by atoms with van der Waals surface area (Å²) < 4.78 is 5.51. The third-order valence-electron chi connectivity index (χ3n) is 2.21. The van der Waals surface area contributed by atoms with Gasteiger partial charge in [0.2, 0.25) is 0 Å². The maximum Gasteiger partial charge on any atom is 0.122 e. The molecule has 4 nitrogen and oxygen atoms in total. The number of nitrogens with one attached hydrogen (secondary N) is 2. The highest BCUT2D eigenvalue weighted by Crippen LogP contribution is 2.13. The molecule has 3 N–H and O–H groups in total. The summed E-state index contributed by atoms with van der Waals surface area (Å²) in [5.41, 5.74) is 2.79. The van der Waals surface area contributed by atoms with Gasteiger partial charge < -0.3 is 4.74 Å². The van der Waals surface area contributed by atoms with E-state index in [9.17, 15) is 0 Å². The first-order valence-electron chi connectivity index (χ1n) is 5.45. The van der Waals surface area contributed by atoms with Gasteiger partial charge in [-0.25, -0.2) is 0 Å². The molecule has 0 aliphatic carbocycles. The lowest BCUT2D eigenvalue weighted by Gasteiger charge is -2.06. The van der Waals surface area contributed by atoms with Gasteiger partial charge in [-0.15, -0.1) is 0 Å². The van der Waals surface area contributed by atoms with Gasteiger partial charge in [0, 0.05) is 6.42 Å². The monoisotopic (exact) mass is 222 g/mol. The molecule has 0 heterocycles. The minimum absolute atomic E-state index is 0.0830. The van der Waals surface area contributed by atoms with E-state index in [1.54, 1.807) is 0 Å². The van der Waals surface area contributed by atoms with Crippen LogP contribution in [0.5, 0.6) is 5.75 Å². The van der Waals surface area contributed by atoms with Crippen LogP contribution in [0.15, 0.2) is 24.3 Å². The van der Waals surface area contributed by atoms with E-state index in [4.69, 9.17) is 15.4 Å². The molecule has 0 spiro atoms. The molecule has 0 aliphatic heterocycles. The van der Waals surface area contributed by atoms with Crippen molar-refractivity contribution in [2.45, 2.75) is 26.2 Å². The second-order valence-corrected chi connectivity index (χ2v) is 3.61. The van der Waals surface area contributed by atoms with Crippen LogP contribution in [0.3, 0.4) is 0 Å². The zero-order valence-electron chi connectivity index (χ0n) is 9.49. The first-order chi connectivity index (χ1) is 7.76. The first kappa shape index (κ1) is 12.5. The molecule has 0 saturated heterocycles. The van der Waals surface area contributed by atoms with E-state index in [0.717, 1.165) is 30.8 Å². The zero-order valence-corrected chi connectivity index (χ0v) is 9.49. The minimum Gasteiger partial charge on any atom is -0.494 e. The van der Waals surface area contributed by atoms with Crippen molar-refractivity contribution < 1.29 is 9.94 Å². The summed E-state index contributed by atoms with van der Waals surface area (Å²) in [4.78, 5) is 0. The molecule has 1 aromatic rings. The Morgan fingerprint density at radius 3 is 2.62 bits per heavy atom. The van der Waals surface area contributed by atoms with Crippen LogP contribution in [0.4, 0.5) is 0 Å². The smallest absolute Gasteiger partial charge is 0.122 e. The van der Waals surface area contributed by atoms with Gasteiger partial charge in [0.25, 0.3) is 0 Å². The Kier molecular flexibility index (Phi) is 5.36. The predicted molar refractivity (Wildman–Crippen MR) is 63.2 cm³/mol. The Balaban J connectivity index is 2.44. The molecular weight excluding hydrogens is 204 g/mol. The van der Waals surface area contributed by atoms with E-state index < -0.39 is 0 Å². The van der Waals surface area contributed by atoms with Crippen molar-refractivity contribution in [3.05, 3.63) is 29.8 Å². The van der Waals surface area contributed by atoms with Gasteiger partial charge in [-0.2, -0.15) is 0 Å². The van der Waals surface area contributed by atoms with E-state index in [0.29, 0.717) is 6.42 Å². The maximum atomic E-state index is 8.49. The molecule has 16 heavy (non-hydrogen) atoms. The number of ether oxygens (including phenoxy) is 1. The van der Waals surface area contributed by atoms with Crippen molar-refractivity contribution >= 4 is 5.84 Å². The van der Waals surface area contributed by atoms with Gasteiger partial charge in [-0.1, -0.05) is 25.5 Å². The molecule has 1 aromatic carbocycles. The fraction of sp³-hybridized carbons (Fsp3) is 0.417. The summed E-state index contributed by atoms with van der Waals surface area (Å²) in [6.45, 7) is 2.86. The van der Waals surface area contributed by atoms with Gasteiger partial charge in [0.15, 0.2) is 0 Å². The summed E-state index contributed by atoms with van der Waals surface area (Å²) in [7, 11) is 0. The molecule has 1 rings (SSSR count). The van der Waals surface area contributed by atoms with Crippen molar-refractivity contribution in [3.63, 3.8) is 0 Å². The van der Waals surface area contributed by atoms with Crippen molar-refractivity contribution in [2.24, 2.45) is 0 Å². The van der Waals surface area contributed by atoms with Crippen LogP contribution in [-0.2, 0) is 6.42 Å². The Hall–Kier alpha value is -1.55. The second-order valence-electron chi connectivity index (χ2n) is 3.61. The maximum absolute atomic E-state index is 8.49. The third-order valence-corrected chi connectivity index (χ3v) is 2.21. The highest BCUT2D eigenvalue weighted by atomic mass is 16.5. The molecule has 0 fully saturated rings. The van der Waals surface area contributed by atoms with Crippen molar-refractivity contribution in [1.82, 2.24) is 5.48 Å². The summed E-state index contributed by atoms with van der Waals surface area (Å²) in [5, 5.41) is 15.8. The van der Waals surface area contributed by atoms with Gasteiger partial charge in [0.1, 0.15) is 11.6 Å². The number of benzene rings is 1. The lowest BCUT2D eigenvalue weighted by molar-refractivity contribution is 0.231. The number of rotatable bonds is 6. The van der Waals surface area contributed by atoms with Crippen LogP contribution >= 0.6 is 0 Å². The summed E-state index contributed by atoms with van der Waals surface area (Å²) in [5.74, 6) is 0.931. The molecule has 0 aliphatic rings. The van der Waals surface area contributed by atoms with Crippen LogP contribution < -0.4 is 10.2 Å². The molecule has 0 saturated carbocycles. The highest BCUT2D eigenvalue weighted by molar-refractivity contribution is 5.80. The predicted octanol–water partition coefficient (Wildman–Crippen LogP) is 2.36. The molecule has 0 bridgehead atoms. The average molecular weight is 222 g/mol. The van der Waals surface area contributed by atoms with Gasteiger partial charge in [0.05, 0.1) is 6.61 Å². The molecule has 4 heteroatoms. The number of unbranched alkanes of at least 4 members (excludes halogenated alkanes) is 1. The van der Waals surface area contributed by atoms with Crippen LogP contribution in [0, 0.1) is 5.41 Å². The number of hydrogen-bond acceptors (Lipinski definition) is 3. The van der Waals surface area contributed by atoms with E-state index >= 15 is 0 Å². The van der Waals surface area contributed by atoms with Crippen LogP contribution in [0.2, 0.25) is 0 Å². The fourth-order valence-electron chi connectivity index (χ4n) is 1.28. The Morgan fingerprint density at radius 1 is 1.38 bits per heavy atom. The third kappa shape index (κ3) is 4.31. The van der Waals surface area contributed by atoms with E-state index in [1.165, 1.54) is 0 Å². The number of amidine groups is 1. The lowest BCUT2D eigenvalue weighted by Crippen LogP contribution is -2.19. The molecule has 0 radical (unpaired) electrons. The van der Waals surface area contributed by atoms with Crippen LogP contribution in [0.25, 0.3) is 0 Å². The standard InChI is InChI=1S/C12H18N2O2/c1-2-3-8-16-11-6-4-10(5-7-11)9-12(13)14-15/h4-7,15H,2-3,8-9H2,1H3,(H2,13,14). The van der Waals surface area contributed by atoms with E-state index in [-0.39, 0.29) is 5.84 Å². The van der Waals surface area contributed by atoms with Gasteiger partial charge >= 0.3 is 0 Å². The largest absolute Gasteiger partial charge is 0.494 e. The lowest BCUT2D eigenvalue weighted by atomic mass is 10.1. The summed E-state index contributed by atoms with van der Waals surface area (Å²) >= 11 is 0. The Bertz CT molecular complexity index is 322. The number of hydroxylamine groups is 1. The Morgan fingerprint density at radius 2 is 2.06 bits per heavy atom. The van der Waals surface area contributed by atoms with Gasteiger partial charge in [-0.3, -0.25) is 16.1 Å². The minimum atomic E-state index is 0.0830. The first-order valence-corrected chi connectivity index (χ1v) is 5.45. The number of hydrogen-bond donors (Lipinski definition) is 3. The van der Waals surface area contributed by atoms with E-state index in [1.807, 2.05) is 29.7 Å². The molecule has 0 amide bonds. The molecule has 0 atom stereocenters. The van der Waals surface area contributed by atoms with Crippen molar-refractivity contribution in [1.29, 1.82) is 5.41 Å². The van der Waals surface area contributed by atoms with Crippen LogP contribution in [-0.4, -0.2) is 17.6 Å². The second kappa shape index (κ2) is 6.85. The Labute approximate surface area is 95.7 Å². The van der Waals surface area contributed by atoms with Crippen molar-refractivity contribution in [3.8, 4) is 5.75 Å².